The number of alkyl halides is 1. The van der Waals surface area contributed by atoms with Crippen LogP contribution in [-0.2, 0) is 10.8 Å². The predicted octanol–water partition coefficient (Wildman–Crippen LogP) is 4.92. The van der Waals surface area contributed by atoms with Crippen molar-refractivity contribution in [2.45, 2.75) is 36.5 Å². The molecule has 0 saturated heterocycles. The molecule has 3 nitrogen and oxygen atoms in total. The molecule has 2 heterocycles. The Morgan fingerprint density at radius 1 is 0.875 bits per heavy atom. The summed E-state index contributed by atoms with van der Waals surface area (Å²) in [5.41, 5.74) is 2.29. The smallest absolute Gasteiger partial charge is 0.129 e. The number of halogens is 3. The van der Waals surface area contributed by atoms with Crippen LogP contribution in [0.1, 0.15) is 37.1 Å². The van der Waals surface area contributed by atoms with Crippen LogP contribution in [0.15, 0.2) is 36.4 Å². The van der Waals surface area contributed by atoms with Crippen LogP contribution in [0.3, 0.4) is 0 Å². The van der Waals surface area contributed by atoms with Crippen LogP contribution >= 0.6 is 39.1 Å². The molecule has 0 aliphatic heterocycles. The average molecular weight is 430 g/mol. The molecule has 2 saturated carbocycles. The summed E-state index contributed by atoms with van der Waals surface area (Å²) >= 11 is 15.1. The topological polar surface area (TPSA) is 46.0 Å². The summed E-state index contributed by atoms with van der Waals surface area (Å²) in [5.74, 6) is 0. The van der Waals surface area contributed by atoms with E-state index in [-0.39, 0.29) is 12.0 Å². The molecule has 0 unspecified atom stereocenters. The van der Waals surface area contributed by atoms with Crippen molar-refractivity contribution in [1.82, 2.24) is 9.97 Å². The third kappa shape index (κ3) is 3.93. The summed E-state index contributed by atoms with van der Waals surface area (Å²) in [6.07, 6.45) is 4.50. The van der Waals surface area contributed by atoms with Crippen molar-refractivity contribution in [1.29, 1.82) is 0 Å². The highest BCUT2D eigenvalue weighted by atomic mass is 79.9. The van der Waals surface area contributed by atoms with E-state index in [1.807, 2.05) is 24.3 Å². The number of hydrogen-bond acceptors (Lipinski definition) is 3. The fourth-order valence-electron chi connectivity index (χ4n) is 2.66. The van der Waals surface area contributed by atoms with Crippen LogP contribution in [0.5, 0.6) is 0 Å². The molecular weight excluding hydrogens is 411 g/mol. The lowest BCUT2D eigenvalue weighted by Gasteiger charge is -2.09. The minimum absolute atomic E-state index is 0.0646. The minimum Gasteiger partial charge on any atom is -0.395 e. The van der Waals surface area contributed by atoms with Crippen LogP contribution in [0.4, 0.5) is 0 Å². The van der Waals surface area contributed by atoms with Gasteiger partial charge in [0, 0.05) is 21.9 Å². The lowest BCUT2D eigenvalue weighted by molar-refractivity contribution is 0.252. The third-order valence-corrected chi connectivity index (χ3v) is 6.28. The summed E-state index contributed by atoms with van der Waals surface area (Å²) in [4.78, 5) is 8.50. The van der Waals surface area contributed by atoms with Crippen molar-refractivity contribution in [3.8, 4) is 0 Å². The summed E-state index contributed by atoms with van der Waals surface area (Å²) in [6.45, 7) is 0.181. The van der Waals surface area contributed by atoms with E-state index < -0.39 is 0 Å². The van der Waals surface area contributed by atoms with Gasteiger partial charge >= 0.3 is 0 Å². The van der Waals surface area contributed by atoms with E-state index in [0.717, 1.165) is 29.6 Å². The molecule has 128 valence electrons. The molecule has 24 heavy (non-hydrogen) atoms. The summed E-state index contributed by atoms with van der Waals surface area (Å²) in [5, 5.41) is 11.2. The Labute approximate surface area is 160 Å². The molecule has 0 bridgehead atoms. The van der Waals surface area contributed by atoms with Crippen molar-refractivity contribution in [3.05, 3.63) is 58.1 Å². The monoisotopic (exact) mass is 428 g/mol. The Kier molecular flexibility index (Phi) is 5.50. The summed E-state index contributed by atoms with van der Waals surface area (Å²) < 4.78 is 0. The lowest BCUT2D eigenvalue weighted by atomic mass is 10.0. The van der Waals surface area contributed by atoms with E-state index >= 15 is 0 Å². The number of aromatic nitrogens is 2. The lowest BCUT2D eigenvalue weighted by Crippen LogP contribution is -2.13. The predicted molar refractivity (Wildman–Crippen MR) is 101 cm³/mol. The Morgan fingerprint density at radius 2 is 1.33 bits per heavy atom. The third-order valence-electron chi connectivity index (χ3n) is 4.78. The van der Waals surface area contributed by atoms with Gasteiger partial charge in [0.05, 0.1) is 12.3 Å². The molecule has 1 N–H and O–H groups in total. The first-order valence-corrected chi connectivity index (χ1v) is 9.84. The summed E-state index contributed by atoms with van der Waals surface area (Å²) in [6, 6.07) is 11.4. The Morgan fingerprint density at radius 3 is 1.67 bits per heavy atom. The molecule has 0 aromatic carbocycles. The van der Waals surface area contributed by atoms with Crippen molar-refractivity contribution >= 4 is 39.1 Å². The maximum atomic E-state index is 9.12. The number of hydrogen-bond donors (Lipinski definition) is 1. The number of pyridine rings is 2. The van der Waals surface area contributed by atoms with Gasteiger partial charge in [-0.25, -0.2) is 9.97 Å². The Hall–Kier alpha value is -0.680. The van der Waals surface area contributed by atoms with E-state index in [1.54, 1.807) is 6.07 Å². The second-order valence-electron chi connectivity index (χ2n) is 6.54. The van der Waals surface area contributed by atoms with Gasteiger partial charge in [-0.15, -0.1) is 0 Å². The highest BCUT2D eigenvalue weighted by Gasteiger charge is 2.45. The second-order valence-corrected chi connectivity index (χ2v) is 7.88. The van der Waals surface area contributed by atoms with Crippen molar-refractivity contribution < 1.29 is 5.11 Å². The molecular formula is C18H19BrCl2N2O. The standard InChI is InChI=1S/C9H9BrClN.C9H10ClNO/c10-6-9(4-5-9)7-2-1-3-8(11)12-7;10-8-3-1-2-7(11-8)9(6-12)4-5-9/h1-3H,4-6H2;1-3,12H,4-6H2. The van der Waals surface area contributed by atoms with Gasteiger partial charge in [-0.1, -0.05) is 51.3 Å². The summed E-state index contributed by atoms with van der Waals surface area (Å²) in [7, 11) is 0. The maximum Gasteiger partial charge on any atom is 0.129 e. The molecule has 0 atom stereocenters. The molecule has 4 rings (SSSR count). The number of nitrogens with zero attached hydrogens (tertiary/aromatic N) is 2. The fourth-order valence-corrected chi connectivity index (χ4v) is 3.84. The quantitative estimate of drug-likeness (QED) is 0.554. The van der Waals surface area contributed by atoms with Gasteiger partial charge in [-0.2, -0.15) is 0 Å². The Balaban J connectivity index is 0.000000141. The maximum absolute atomic E-state index is 9.12. The van der Waals surface area contributed by atoms with Gasteiger partial charge in [-0.05, 0) is 49.9 Å². The highest BCUT2D eigenvalue weighted by molar-refractivity contribution is 9.09. The van der Waals surface area contributed by atoms with Crippen LogP contribution in [0.2, 0.25) is 10.3 Å². The highest BCUT2D eigenvalue weighted by Crippen LogP contribution is 2.48. The van der Waals surface area contributed by atoms with E-state index in [4.69, 9.17) is 28.3 Å². The van der Waals surface area contributed by atoms with Crippen molar-refractivity contribution in [2.75, 3.05) is 11.9 Å². The van der Waals surface area contributed by atoms with Crippen molar-refractivity contribution in [3.63, 3.8) is 0 Å². The van der Waals surface area contributed by atoms with Crippen LogP contribution in [0, 0.1) is 0 Å². The first kappa shape index (κ1) is 18.1. The molecule has 0 spiro atoms. The molecule has 2 fully saturated rings. The van der Waals surface area contributed by atoms with Crippen molar-refractivity contribution in [2.24, 2.45) is 0 Å². The number of rotatable bonds is 4. The van der Waals surface area contributed by atoms with Crippen LogP contribution in [-0.4, -0.2) is 27.0 Å². The Bertz CT molecular complexity index is 656. The molecule has 6 heteroatoms. The van der Waals surface area contributed by atoms with Gasteiger partial charge in [-0.3, -0.25) is 0 Å². The molecule has 2 aliphatic rings. The molecule has 0 radical (unpaired) electrons. The van der Waals surface area contributed by atoms with Gasteiger partial charge < -0.3 is 5.11 Å². The number of aliphatic hydroxyl groups is 1. The number of aliphatic hydroxyl groups excluding tert-OH is 1. The SMILES string of the molecule is Clc1cccc(C2(CBr)CC2)n1.OCC1(c2cccc(Cl)n2)CC1. The fraction of sp³-hybridized carbons (Fsp3) is 0.444. The zero-order valence-corrected chi connectivity index (χ0v) is 16.3. The first-order valence-electron chi connectivity index (χ1n) is 7.97. The van der Waals surface area contributed by atoms with Gasteiger partial charge in [0.25, 0.3) is 0 Å². The van der Waals surface area contributed by atoms with Gasteiger partial charge in [0.1, 0.15) is 10.3 Å². The molecule has 2 aromatic heterocycles. The van der Waals surface area contributed by atoms with E-state index in [0.29, 0.717) is 15.7 Å². The van der Waals surface area contributed by atoms with Crippen LogP contribution < -0.4 is 0 Å². The van der Waals surface area contributed by atoms with E-state index in [9.17, 15) is 0 Å². The zero-order chi connectivity index (χ0) is 17.2. The molecule has 2 aliphatic carbocycles. The minimum atomic E-state index is -0.0646. The van der Waals surface area contributed by atoms with Gasteiger partial charge in [0.15, 0.2) is 0 Å². The molecule has 0 amide bonds. The normalized spacial score (nSPS) is 19.2. The first-order chi connectivity index (χ1) is 11.5. The second kappa shape index (κ2) is 7.28. The zero-order valence-electron chi connectivity index (χ0n) is 13.2. The average Bonchev–Trinajstić information content (AvgIpc) is 3.49. The van der Waals surface area contributed by atoms with E-state index in [2.05, 4.69) is 32.0 Å². The largest absolute Gasteiger partial charge is 0.395 e. The van der Waals surface area contributed by atoms with Gasteiger partial charge in [0.2, 0.25) is 0 Å². The van der Waals surface area contributed by atoms with Crippen LogP contribution in [0.25, 0.3) is 0 Å². The van der Waals surface area contributed by atoms with E-state index in [1.165, 1.54) is 12.8 Å². The molecule has 2 aromatic rings.